The van der Waals surface area contributed by atoms with Crippen LogP contribution in [-0.4, -0.2) is 51.1 Å². The van der Waals surface area contributed by atoms with Gasteiger partial charge in [-0.1, -0.05) is 18.2 Å². The number of allylic oxidation sites excluding steroid dienone is 4. The molecule has 0 spiro atoms. The Bertz CT molecular complexity index is 646. The van der Waals surface area contributed by atoms with Crippen LogP contribution in [0.4, 0.5) is 0 Å². The maximum atomic E-state index is 12.6. The number of ketones is 1. The van der Waals surface area contributed by atoms with E-state index in [0.717, 1.165) is 0 Å². The quantitative estimate of drug-likeness (QED) is 0.176. The van der Waals surface area contributed by atoms with Crippen molar-refractivity contribution in [3.63, 3.8) is 0 Å². The summed E-state index contributed by atoms with van der Waals surface area (Å²) >= 11 is 0. The molecule has 2 atom stereocenters. The van der Waals surface area contributed by atoms with Crippen molar-refractivity contribution in [2.75, 3.05) is 27.8 Å². The van der Waals surface area contributed by atoms with Crippen molar-refractivity contribution in [1.29, 1.82) is 0 Å². The maximum Gasteiger partial charge on any atom is 0.338 e. The Morgan fingerprint density at radius 3 is 2.44 bits per heavy atom. The molecule has 1 unspecified atom stereocenters. The van der Waals surface area contributed by atoms with Gasteiger partial charge in [0.1, 0.15) is 5.92 Å². The zero-order valence-electron chi connectivity index (χ0n) is 16.3. The Morgan fingerprint density at radius 2 is 1.85 bits per heavy atom. The second kappa shape index (κ2) is 10.6. The molecule has 8 heteroatoms. The first-order chi connectivity index (χ1) is 12.8. The van der Waals surface area contributed by atoms with Crippen LogP contribution in [0.2, 0.25) is 0 Å². The zero-order valence-corrected chi connectivity index (χ0v) is 16.3. The highest BCUT2D eigenvalue weighted by Crippen LogP contribution is 2.38. The first kappa shape index (κ1) is 22.6. The Kier molecular flexibility index (Phi) is 8.90. The minimum atomic E-state index is -1.31. The second-order valence-electron chi connectivity index (χ2n) is 6.04. The lowest BCUT2D eigenvalue weighted by atomic mass is 9.87. The molecule has 0 aromatic rings. The molecule has 0 radical (unpaired) electrons. The van der Waals surface area contributed by atoms with Gasteiger partial charge in [-0.05, 0) is 26.8 Å². The van der Waals surface area contributed by atoms with Crippen LogP contribution in [0.15, 0.2) is 35.6 Å². The van der Waals surface area contributed by atoms with E-state index in [1.807, 2.05) is 0 Å². The fraction of sp³-hybridized carbons (Fsp3) is 0.526. The van der Waals surface area contributed by atoms with E-state index >= 15 is 0 Å². The monoisotopic (exact) mass is 382 g/mol. The molecule has 1 aliphatic heterocycles. The number of methoxy groups -OCH3 is 2. The van der Waals surface area contributed by atoms with Gasteiger partial charge in [0.2, 0.25) is 0 Å². The molecule has 1 rings (SSSR count). The second-order valence-corrected chi connectivity index (χ2v) is 6.04. The number of carbonyl (C=O) groups excluding carboxylic acids is 3. The predicted molar refractivity (Wildman–Crippen MR) is 95.2 cm³/mol. The van der Waals surface area contributed by atoms with Gasteiger partial charge in [0, 0.05) is 20.6 Å². The number of cyclic esters (lactones) is 1. The molecule has 27 heavy (non-hydrogen) atoms. The molecule has 0 saturated heterocycles. The van der Waals surface area contributed by atoms with E-state index in [-0.39, 0.29) is 31.3 Å². The molecule has 0 fully saturated rings. The summed E-state index contributed by atoms with van der Waals surface area (Å²) in [6.07, 6.45) is 6.04. The summed E-state index contributed by atoms with van der Waals surface area (Å²) in [6, 6.07) is 0. The molecular formula is C19H26O8. The highest BCUT2D eigenvalue weighted by atomic mass is 16.7. The van der Waals surface area contributed by atoms with Gasteiger partial charge in [-0.25, -0.2) is 4.79 Å². The van der Waals surface area contributed by atoms with Gasteiger partial charge in [0.05, 0.1) is 5.57 Å². The highest BCUT2D eigenvalue weighted by molar-refractivity contribution is 6.05. The summed E-state index contributed by atoms with van der Waals surface area (Å²) in [4.78, 5) is 37.0. The van der Waals surface area contributed by atoms with Crippen molar-refractivity contribution in [3.05, 3.63) is 35.6 Å². The summed E-state index contributed by atoms with van der Waals surface area (Å²) < 4.78 is 25.5. The normalized spacial score (nSPS) is 21.0. The fourth-order valence-electron chi connectivity index (χ4n) is 2.61. The van der Waals surface area contributed by atoms with Crippen molar-refractivity contribution in [2.45, 2.75) is 32.8 Å². The molecule has 1 heterocycles. The molecule has 0 N–H and O–H groups in total. The minimum Gasteiger partial charge on any atom is -0.467 e. The van der Waals surface area contributed by atoms with E-state index < -0.39 is 29.2 Å². The Morgan fingerprint density at radius 1 is 1.19 bits per heavy atom. The van der Waals surface area contributed by atoms with Crippen molar-refractivity contribution < 1.29 is 38.1 Å². The van der Waals surface area contributed by atoms with Crippen LogP contribution >= 0.6 is 0 Å². The smallest absolute Gasteiger partial charge is 0.338 e. The number of esters is 2. The third kappa shape index (κ3) is 6.04. The molecule has 0 aromatic carbocycles. The predicted octanol–water partition coefficient (Wildman–Crippen LogP) is 2.05. The molecule has 0 bridgehead atoms. The number of hydrogen-bond acceptors (Lipinski definition) is 8. The molecular weight excluding hydrogens is 356 g/mol. The summed E-state index contributed by atoms with van der Waals surface area (Å²) in [6.45, 7) is 4.52. The lowest BCUT2D eigenvalue weighted by molar-refractivity contribution is -0.166. The number of hydrogen-bond donors (Lipinski definition) is 0. The largest absolute Gasteiger partial charge is 0.467 e. The van der Waals surface area contributed by atoms with Gasteiger partial charge in [-0.3, -0.25) is 9.59 Å². The Balaban J connectivity index is 3.12. The fourth-order valence-corrected chi connectivity index (χ4v) is 2.61. The van der Waals surface area contributed by atoms with Crippen molar-refractivity contribution in [3.8, 4) is 0 Å². The summed E-state index contributed by atoms with van der Waals surface area (Å²) in [5, 5.41) is 0. The SMILES string of the molecule is C/C=C/C=C/C(=O)C(C[C@]1(C)OC(=O)C(C)=C1OCOC)C(=O)OCOC. The van der Waals surface area contributed by atoms with Gasteiger partial charge >= 0.3 is 11.9 Å². The van der Waals surface area contributed by atoms with E-state index in [9.17, 15) is 14.4 Å². The summed E-state index contributed by atoms with van der Waals surface area (Å²) in [5.74, 6) is -2.82. The van der Waals surface area contributed by atoms with Gasteiger partial charge in [-0.15, -0.1) is 0 Å². The van der Waals surface area contributed by atoms with E-state index in [4.69, 9.17) is 23.7 Å². The lowest BCUT2D eigenvalue weighted by Crippen LogP contribution is -2.38. The van der Waals surface area contributed by atoms with Crippen LogP contribution in [0, 0.1) is 5.92 Å². The van der Waals surface area contributed by atoms with Crippen LogP contribution in [0.3, 0.4) is 0 Å². The molecule has 0 saturated carbocycles. The molecule has 150 valence electrons. The number of carbonyl (C=O) groups is 3. The molecule has 8 nitrogen and oxygen atoms in total. The van der Waals surface area contributed by atoms with Crippen LogP contribution in [0.1, 0.15) is 27.2 Å². The first-order valence-corrected chi connectivity index (χ1v) is 8.36. The molecule has 0 amide bonds. The first-order valence-electron chi connectivity index (χ1n) is 8.36. The highest BCUT2D eigenvalue weighted by Gasteiger charge is 2.48. The van der Waals surface area contributed by atoms with Gasteiger partial charge in [0.25, 0.3) is 0 Å². The minimum absolute atomic E-state index is 0.104. The van der Waals surface area contributed by atoms with E-state index in [0.29, 0.717) is 0 Å². The molecule has 1 aliphatic rings. The molecule has 0 aromatic heterocycles. The zero-order chi connectivity index (χ0) is 20.4. The third-order valence-corrected chi connectivity index (χ3v) is 3.87. The van der Waals surface area contributed by atoms with Gasteiger partial charge in [-0.2, -0.15) is 0 Å². The average molecular weight is 382 g/mol. The molecule has 0 aliphatic carbocycles. The van der Waals surface area contributed by atoms with Crippen LogP contribution in [0.25, 0.3) is 0 Å². The standard InChI is InChI=1S/C19H26O8/c1-6-7-8-9-15(20)14(18(22)26-12-24-5)10-19(3)16(25-11-23-4)13(2)17(21)27-19/h6-9,14H,10-12H2,1-5H3/b7-6+,9-8+/t14?,19-/m0/s1. The number of rotatable bonds is 11. The third-order valence-electron chi connectivity index (χ3n) is 3.87. The van der Waals surface area contributed by atoms with E-state index in [1.165, 1.54) is 26.4 Å². The lowest BCUT2D eigenvalue weighted by Gasteiger charge is -2.28. The van der Waals surface area contributed by atoms with Crippen molar-refractivity contribution >= 4 is 17.7 Å². The van der Waals surface area contributed by atoms with Crippen LogP contribution in [-0.2, 0) is 38.1 Å². The Hall–Kier alpha value is -2.45. The van der Waals surface area contributed by atoms with Crippen LogP contribution in [0.5, 0.6) is 0 Å². The van der Waals surface area contributed by atoms with Crippen molar-refractivity contribution in [2.24, 2.45) is 5.92 Å². The topological polar surface area (TPSA) is 97.4 Å². The van der Waals surface area contributed by atoms with E-state index in [1.54, 1.807) is 32.9 Å². The van der Waals surface area contributed by atoms with Crippen LogP contribution < -0.4 is 0 Å². The Labute approximate surface area is 158 Å². The van der Waals surface area contributed by atoms with Crippen molar-refractivity contribution in [1.82, 2.24) is 0 Å². The maximum absolute atomic E-state index is 12.6. The number of ether oxygens (including phenoxy) is 5. The summed E-state index contributed by atoms with van der Waals surface area (Å²) in [7, 11) is 2.80. The summed E-state index contributed by atoms with van der Waals surface area (Å²) in [5.41, 5.74) is -1.05. The van der Waals surface area contributed by atoms with E-state index in [2.05, 4.69) is 0 Å². The average Bonchev–Trinajstić information content (AvgIpc) is 2.85. The van der Waals surface area contributed by atoms with Gasteiger partial charge < -0.3 is 23.7 Å². The van der Waals surface area contributed by atoms with Gasteiger partial charge in [0.15, 0.2) is 30.7 Å².